The molecule has 0 aromatic heterocycles. The number of para-hydroxylation sites is 1. The van der Waals surface area contributed by atoms with Gasteiger partial charge in [-0.25, -0.2) is 0 Å². The van der Waals surface area contributed by atoms with Crippen LogP contribution in [0, 0.1) is 10.1 Å². The highest BCUT2D eigenvalue weighted by Gasteiger charge is 2.45. The van der Waals surface area contributed by atoms with E-state index < -0.39 is 34.6 Å². The number of imide groups is 2. The molecule has 4 aromatic carbocycles. The largest absolute Gasteiger partial charge is 0.494 e. The van der Waals surface area contributed by atoms with E-state index >= 15 is 0 Å². The van der Waals surface area contributed by atoms with Crippen molar-refractivity contribution in [2.24, 2.45) is 0 Å². The Kier molecular flexibility index (Phi) is 13.2. The van der Waals surface area contributed by atoms with E-state index in [0.29, 0.717) is 24.5 Å². The highest BCUT2D eigenvalue weighted by atomic mass is 16.6. The van der Waals surface area contributed by atoms with Gasteiger partial charge in [0.15, 0.2) is 0 Å². The van der Waals surface area contributed by atoms with E-state index in [1.54, 1.807) is 47.4 Å². The minimum Gasteiger partial charge on any atom is -0.494 e. The Morgan fingerprint density at radius 2 is 1.48 bits per heavy atom. The van der Waals surface area contributed by atoms with Crippen molar-refractivity contribution in [1.29, 1.82) is 0 Å². The maximum absolute atomic E-state index is 13.7. The molecule has 0 spiro atoms. The molecule has 5 amide bonds. The summed E-state index contributed by atoms with van der Waals surface area (Å²) in [4.78, 5) is 79.4. The van der Waals surface area contributed by atoms with Crippen molar-refractivity contribution in [2.75, 3.05) is 31.1 Å². The summed E-state index contributed by atoms with van der Waals surface area (Å²) in [5.74, 6) is -0.904. The molecule has 4 aromatic rings. The number of piperidine rings is 2. The van der Waals surface area contributed by atoms with E-state index in [1.165, 1.54) is 12.1 Å². The molecule has 15 nitrogen and oxygen atoms in total. The molecule has 15 heteroatoms. The minimum absolute atomic E-state index is 0.0294. The van der Waals surface area contributed by atoms with Gasteiger partial charge in [0.05, 0.1) is 47.1 Å². The van der Waals surface area contributed by atoms with Crippen molar-refractivity contribution in [1.82, 2.24) is 15.1 Å². The number of nitro groups is 1. The van der Waals surface area contributed by atoms with Crippen LogP contribution in [0.15, 0.2) is 103 Å². The molecule has 1 unspecified atom stereocenters. The summed E-state index contributed by atoms with van der Waals surface area (Å²) < 4.78 is 18.7. The van der Waals surface area contributed by atoms with Crippen LogP contribution in [0.5, 0.6) is 11.5 Å². The summed E-state index contributed by atoms with van der Waals surface area (Å²) in [6.07, 6.45) is 12.8. The van der Waals surface area contributed by atoms with E-state index in [2.05, 4.69) is 10.2 Å². The number of rotatable bonds is 17. The van der Waals surface area contributed by atoms with Crippen LogP contribution in [-0.2, 0) is 25.7 Å². The maximum atomic E-state index is 13.7. The van der Waals surface area contributed by atoms with Gasteiger partial charge in [0.1, 0.15) is 23.6 Å². The van der Waals surface area contributed by atoms with Gasteiger partial charge in [-0.1, -0.05) is 42.5 Å². The van der Waals surface area contributed by atoms with Crippen molar-refractivity contribution in [3.05, 3.63) is 141 Å². The van der Waals surface area contributed by atoms with Crippen LogP contribution in [0.4, 0.5) is 11.4 Å². The van der Waals surface area contributed by atoms with E-state index in [0.717, 1.165) is 97.6 Å². The second-order valence-electron chi connectivity index (χ2n) is 17.4. The van der Waals surface area contributed by atoms with Crippen LogP contribution in [0.1, 0.15) is 95.2 Å². The molecule has 4 heterocycles. The van der Waals surface area contributed by atoms with Crippen LogP contribution in [0.2, 0.25) is 0 Å². The zero-order valence-corrected chi connectivity index (χ0v) is 36.5. The molecule has 0 radical (unpaired) electrons. The topological polar surface area (TPSA) is 178 Å². The number of nitro benzene ring substituents is 1. The van der Waals surface area contributed by atoms with Crippen molar-refractivity contribution < 1.29 is 43.1 Å². The van der Waals surface area contributed by atoms with Gasteiger partial charge >= 0.3 is 0 Å². The Balaban J connectivity index is 0.647. The van der Waals surface area contributed by atoms with Gasteiger partial charge in [0.2, 0.25) is 11.8 Å². The second kappa shape index (κ2) is 19.6. The highest BCUT2D eigenvalue weighted by Crippen LogP contribution is 2.38. The fourth-order valence-corrected chi connectivity index (χ4v) is 9.25. The molecule has 9 rings (SSSR count). The first-order valence-electron chi connectivity index (χ1n) is 22.7. The zero-order chi connectivity index (χ0) is 45.7. The summed E-state index contributed by atoms with van der Waals surface area (Å²) in [7, 11) is 0. The number of fused-ring (bicyclic) bond motifs is 2. The van der Waals surface area contributed by atoms with Gasteiger partial charge in [0.25, 0.3) is 23.4 Å². The standard InChI is InChI=1S/C51H51N5O10/c57-47-22-21-46(48(58)52-47)55-50(60)43-20-19-38(31-44(43)51(55)61)64-28-5-1-4-25-53-26-23-37(24-27-53)66-40-29-39(30-40)65-36-17-13-34(14-18-36)32-54-45-10-3-2-8-41(45)42(49(54)59)9-6-7-33-11-15-35(16-12-33)56(62)63/h2-3,6-20,31,37,39-40,46H,1,4-5,21-30,32H2,(H,52,57,58)/b7-6+,42-9?. The van der Waals surface area contributed by atoms with E-state index in [-0.39, 0.29) is 53.9 Å². The fraction of sp³-hybridized carbons (Fsp3) is 0.353. The number of hydrogen-bond donors (Lipinski definition) is 1. The molecule has 66 heavy (non-hydrogen) atoms. The van der Waals surface area contributed by atoms with Crippen molar-refractivity contribution in [2.45, 2.75) is 88.7 Å². The molecule has 3 fully saturated rings. The summed E-state index contributed by atoms with van der Waals surface area (Å²) in [6.45, 7) is 3.92. The van der Waals surface area contributed by atoms with E-state index in [1.807, 2.05) is 54.6 Å². The molecule has 4 aliphatic heterocycles. The predicted molar refractivity (Wildman–Crippen MR) is 245 cm³/mol. The van der Waals surface area contributed by atoms with E-state index in [9.17, 15) is 34.1 Å². The molecule has 1 aliphatic carbocycles. The third kappa shape index (κ3) is 9.82. The molecule has 5 aliphatic rings. The molecule has 1 atom stereocenters. The number of carbonyl (C=O) groups excluding carboxylic acids is 5. The average Bonchev–Trinajstić information content (AvgIpc) is 3.71. The van der Waals surface area contributed by atoms with Crippen LogP contribution in [0.3, 0.4) is 0 Å². The molecule has 0 bridgehead atoms. The Morgan fingerprint density at radius 1 is 0.742 bits per heavy atom. The SMILES string of the molecule is O=C1CCC(N2C(=O)c3ccc(OCCCCCN4CCC(OC5CC(Oc6ccc(CN7C(=O)C(=C/C=C/c8ccc([N+](=O)[O-])cc8)c8ccccc87)cc6)C5)CC4)cc3C2=O)C(=O)N1. The van der Waals surface area contributed by atoms with Crippen LogP contribution >= 0.6 is 0 Å². The third-order valence-electron chi connectivity index (χ3n) is 13.0. The normalized spacial score (nSPS) is 21.6. The fourth-order valence-electron chi connectivity index (χ4n) is 9.25. The number of allylic oxidation sites excluding steroid dienone is 2. The lowest BCUT2D eigenvalue weighted by Crippen LogP contribution is -2.54. The Hall–Kier alpha value is -6.97. The smallest absolute Gasteiger partial charge is 0.269 e. The van der Waals surface area contributed by atoms with E-state index in [4.69, 9.17) is 14.2 Å². The highest BCUT2D eigenvalue weighted by molar-refractivity contribution is 6.32. The molecule has 1 N–H and O–H groups in total. The first-order valence-corrected chi connectivity index (χ1v) is 22.7. The first kappa shape index (κ1) is 44.2. The lowest BCUT2D eigenvalue weighted by Gasteiger charge is -2.40. The number of benzene rings is 4. The number of hydrogen-bond acceptors (Lipinski definition) is 11. The number of ether oxygens (including phenoxy) is 3. The number of carbonyl (C=O) groups is 5. The van der Waals surface area contributed by atoms with Crippen LogP contribution in [0.25, 0.3) is 11.6 Å². The molecular formula is C51H51N5O10. The number of unbranched alkanes of at least 4 members (excludes halogenated alkanes) is 2. The number of nitrogens with zero attached hydrogens (tertiary/aromatic N) is 4. The van der Waals surface area contributed by atoms with Gasteiger partial charge in [0, 0.05) is 55.6 Å². The summed E-state index contributed by atoms with van der Waals surface area (Å²) in [5.41, 5.74) is 4.56. The Morgan fingerprint density at radius 3 is 2.24 bits per heavy atom. The van der Waals surface area contributed by atoms with Crippen LogP contribution < -0.4 is 19.7 Å². The number of likely N-dealkylation sites (tertiary alicyclic amines) is 1. The second-order valence-corrected chi connectivity index (χ2v) is 17.4. The lowest BCUT2D eigenvalue weighted by atomic mass is 9.91. The summed E-state index contributed by atoms with van der Waals surface area (Å²) in [6, 6.07) is 25.7. The number of non-ortho nitro benzene ring substituents is 1. The predicted octanol–water partition coefficient (Wildman–Crippen LogP) is 7.28. The van der Waals surface area contributed by atoms with Crippen molar-refractivity contribution in [3.63, 3.8) is 0 Å². The molecule has 340 valence electrons. The average molecular weight is 894 g/mol. The molecular weight excluding hydrogens is 843 g/mol. The van der Waals surface area contributed by atoms with Gasteiger partial charge in [-0.2, -0.15) is 0 Å². The Bertz CT molecular complexity index is 2580. The number of anilines is 1. The van der Waals surface area contributed by atoms with Crippen molar-refractivity contribution in [3.8, 4) is 11.5 Å². The van der Waals surface area contributed by atoms with Gasteiger partial charge in [-0.15, -0.1) is 0 Å². The van der Waals surface area contributed by atoms with Gasteiger partial charge in [-0.05, 0) is 111 Å². The monoisotopic (exact) mass is 893 g/mol. The first-order chi connectivity index (χ1) is 32.1. The summed E-state index contributed by atoms with van der Waals surface area (Å²) in [5, 5.41) is 13.2. The molecule has 1 saturated carbocycles. The van der Waals surface area contributed by atoms with Gasteiger partial charge in [-0.3, -0.25) is 44.3 Å². The lowest BCUT2D eigenvalue weighted by molar-refractivity contribution is -0.384. The Labute approximate surface area is 382 Å². The van der Waals surface area contributed by atoms with Crippen LogP contribution in [-0.4, -0.2) is 94.9 Å². The number of nitrogens with one attached hydrogen (secondary N) is 1. The van der Waals surface area contributed by atoms with Gasteiger partial charge < -0.3 is 24.0 Å². The maximum Gasteiger partial charge on any atom is 0.269 e. The molecule has 2 saturated heterocycles. The van der Waals surface area contributed by atoms with Crippen molar-refractivity contribution >= 4 is 52.6 Å². The number of amides is 5. The third-order valence-corrected chi connectivity index (χ3v) is 13.0. The quantitative estimate of drug-likeness (QED) is 0.0371. The zero-order valence-electron chi connectivity index (χ0n) is 36.5. The minimum atomic E-state index is -0.994. The summed E-state index contributed by atoms with van der Waals surface area (Å²) >= 11 is 0.